The lowest BCUT2D eigenvalue weighted by molar-refractivity contribution is 0.0696. The molecular formula is C23H18N4O3. The van der Waals surface area contributed by atoms with Gasteiger partial charge in [0.25, 0.3) is 5.91 Å². The molecule has 0 saturated heterocycles. The van der Waals surface area contributed by atoms with Crippen LogP contribution < -0.4 is 5.32 Å². The summed E-state index contributed by atoms with van der Waals surface area (Å²) in [6.07, 6.45) is 3.11. The summed E-state index contributed by atoms with van der Waals surface area (Å²) < 4.78 is 1.71. The van der Waals surface area contributed by atoms with E-state index in [-0.39, 0.29) is 11.5 Å². The molecule has 7 heteroatoms. The molecule has 0 radical (unpaired) electrons. The summed E-state index contributed by atoms with van der Waals surface area (Å²) in [7, 11) is 0. The number of benzene rings is 2. The van der Waals surface area contributed by atoms with Crippen LogP contribution in [0.15, 0.2) is 85.2 Å². The van der Waals surface area contributed by atoms with Crippen molar-refractivity contribution in [1.29, 1.82) is 0 Å². The van der Waals surface area contributed by atoms with E-state index in [1.165, 1.54) is 18.3 Å². The van der Waals surface area contributed by atoms with Crippen LogP contribution in [0.4, 0.5) is 5.82 Å². The highest BCUT2D eigenvalue weighted by Crippen LogP contribution is 2.24. The summed E-state index contributed by atoms with van der Waals surface area (Å²) in [5, 5.41) is 16.6. The monoisotopic (exact) mass is 398 g/mol. The minimum atomic E-state index is -0.986. The van der Waals surface area contributed by atoms with Crippen LogP contribution in [0.2, 0.25) is 0 Å². The number of pyridine rings is 1. The molecule has 0 aliphatic carbocycles. The number of nitrogens with one attached hydrogen (secondary N) is 1. The molecule has 0 bridgehead atoms. The molecule has 30 heavy (non-hydrogen) atoms. The molecule has 7 nitrogen and oxygen atoms in total. The maximum absolute atomic E-state index is 12.6. The van der Waals surface area contributed by atoms with Crippen LogP contribution in [0.1, 0.15) is 26.3 Å². The van der Waals surface area contributed by atoms with Gasteiger partial charge >= 0.3 is 5.97 Å². The van der Waals surface area contributed by atoms with Gasteiger partial charge in [-0.05, 0) is 29.8 Å². The number of carboxylic acids is 1. The Kier molecular flexibility index (Phi) is 5.34. The van der Waals surface area contributed by atoms with Crippen LogP contribution in [-0.2, 0) is 6.54 Å². The number of anilines is 1. The van der Waals surface area contributed by atoms with Gasteiger partial charge in [0.05, 0.1) is 23.4 Å². The fourth-order valence-electron chi connectivity index (χ4n) is 3.00. The standard InChI is InChI=1S/C23H18N4O3/c28-22(19-7-4-12-24-14-19)25-21-13-20(17-8-10-18(11-9-17)23(29)30)26-27(21)15-16-5-2-1-3-6-16/h1-14H,15H2,(H,25,28)(H,29,30). The maximum Gasteiger partial charge on any atom is 0.335 e. The van der Waals surface area contributed by atoms with Gasteiger partial charge in [-0.3, -0.25) is 9.78 Å². The van der Waals surface area contributed by atoms with Gasteiger partial charge in [0, 0.05) is 24.0 Å². The third kappa shape index (κ3) is 4.25. The largest absolute Gasteiger partial charge is 0.478 e. The fraction of sp³-hybridized carbons (Fsp3) is 0.0435. The molecule has 2 aromatic heterocycles. The average Bonchev–Trinajstić information content (AvgIpc) is 3.17. The number of carboxylic acid groups (broad SMARTS) is 1. The molecule has 2 N–H and O–H groups in total. The second kappa shape index (κ2) is 8.40. The smallest absolute Gasteiger partial charge is 0.335 e. The van der Waals surface area contributed by atoms with Gasteiger partial charge in [-0.25, -0.2) is 9.48 Å². The van der Waals surface area contributed by atoms with E-state index in [2.05, 4.69) is 15.4 Å². The summed E-state index contributed by atoms with van der Waals surface area (Å²) in [6.45, 7) is 0.469. The number of nitrogens with zero attached hydrogens (tertiary/aromatic N) is 3. The van der Waals surface area contributed by atoms with Gasteiger partial charge in [0.2, 0.25) is 0 Å². The number of carbonyl (C=O) groups is 2. The molecule has 2 aromatic carbocycles. The van der Waals surface area contributed by atoms with Crippen LogP contribution in [0.5, 0.6) is 0 Å². The molecule has 4 aromatic rings. The van der Waals surface area contributed by atoms with Crippen molar-refractivity contribution in [3.05, 3.63) is 102 Å². The molecule has 0 fully saturated rings. The molecule has 1 amide bonds. The highest BCUT2D eigenvalue weighted by atomic mass is 16.4. The topological polar surface area (TPSA) is 97.1 Å². The summed E-state index contributed by atoms with van der Waals surface area (Å²) in [6, 6.07) is 21.4. The van der Waals surface area contributed by atoms with Crippen molar-refractivity contribution >= 4 is 17.7 Å². The first-order valence-corrected chi connectivity index (χ1v) is 9.27. The van der Waals surface area contributed by atoms with Crippen molar-refractivity contribution in [2.75, 3.05) is 5.32 Å². The zero-order chi connectivity index (χ0) is 20.9. The summed E-state index contributed by atoms with van der Waals surface area (Å²) >= 11 is 0. The Morgan fingerprint density at radius 2 is 1.70 bits per heavy atom. The highest BCUT2D eigenvalue weighted by molar-refractivity contribution is 6.03. The lowest BCUT2D eigenvalue weighted by Gasteiger charge is -2.09. The number of carbonyl (C=O) groups excluding carboxylic acids is 1. The minimum Gasteiger partial charge on any atom is -0.478 e. The van der Waals surface area contributed by atoms with E-state index < -0.39 is 5.97 Å². The predicted octanol–water partition coefficient (Wildman–Crippen LogP) is 3.94. The van der Waals surface area contributed by atoms with Crippen molar-refractivity contribution in [1.82, 2.24) is 14.8 Å². The molecule has 2 heterocycles. The van der Waals surface area contributed by atoms with Gasteiger partial charge in [-0.2, -0.15) is 5.10 Å². The van der Waals surface area contributed by atoms with E-state index in [0.29, 0.717) is 23.6 Å². The second-order valence-electron chi connectivity index (χ2n) is 6.64. The number of aromatic nitrogens is 3. The second-order valence-corrected chi connectivity index (χ2v) is 6.64. The quantitative estimate of drug-likeness (QED) is 0.513. The van der Waals surface area contributed by atoms with Crippen LogP contribution in [0, 0.1) is 0 Å². The predicted molar refractivity (Wildman–Crippen MR) is 112 cm³/mol. The number of aromatic carboxylic acids is 1. The maximum atomic E-state index is 12.6. The zero-order valence-electron chi connectivity index (χ0n) is 15.9. The van der Waals surface area contributed by atoms with Crippen LogP contribution in [0.3, 0.4) is 0 Å². The van der Waals surface area contributed by atoms with Gasteiger partial charge in [-0.1, -0.05) is 42.5 Å². The molecule has 0 aliphatic heterocycles. The Labute approximate surface area is 172 Å². The van der Waals surface area contributed by atoms with E-state index in [0.717, 1.165) is 11.1 Å². The first-order valence-electron chi connectivity index (χ1n) is 9.27. The first-order chi connectivity index (χ1) is 14.6. The Hall–Kier alpha value is -4.26. The van der Waals surface area contributed by atoms with Crippen molar-refractivity contribution in [3.8, 4) is 11.3 Å². The summed E-state index contributed by atoms with van der Waals surface area (Å²) in [5.41, 5.74) is 3.06. The van der Waals surface area contributed by atoms with Gasteiger partial charge < -0.3 is 10.4 Å². The molecule has 0 unspecified atom stereocenters. The van der Waals surface area contributed by atoms with Crippen molar-refractivity contribution in [2.24, 2.45) is 0 Å². The van der Waals surface area contributed by atoms with Gasteiger partial charge in [0.15, 0.2) is 0 Å². The zero-order valence-corrected chi connectivity index (χ0v) is 15.9. The highest BCUT2D eigenvalue weighted by Gasteiger charge is 2.14. The molecule has 148 valence electrons. The number of hydrogen-bond acceptors (Lipinski definition) is 4. The summed E-state index contributed by atoms with van der Waals surface area (Å²) in [5.74, 6) is -0.740. The van der Waals surface area contributed by atoms with Crippen LogP contribution >= 0.6 is 0 Å². The van der Waals surface area contributed by atoms with Crippen molar-refractivity contribution in [2.45, 2.75) is 6.54 Å². The van der Waals surface area contributed by atoms with Crippen molar-refractivity contribution < 1.29 is 14.7 Å². The Balaban J connectivity index is 1.67. The number of rotatable bonds is 6. The van der Waals surface area contributed by atoms with E-state index >= 15 is 0 Å². The molecular weight excluding hydrogens is 380 g/mol. The fourth-order valence-corrected chi connectivity index (χ4v) is 3.00. The van der Waals surface area contributed by atoms with E-state index in [9.17, 15) is 9.59 Å². The Bertz CT molecular complexity index is 1170. The first kappa shape index (κ1) is 19.1. The third-order valence-electron chi connectivity index (χ3n) is 4.55. The Morgan fingerprint density at radius 3 is 2.37 bits per heavy atom. The normalized spacial score (nSPS) is 10.5. The number of hydrogen-bond donors (Lipinski definition) is 2. The number of amides is 1. The van der Waals surface area contributed by atoms with E-state index in [1.807, 2.05) is 30.3 Å². The van der Waals surface area contributed by atoms with E-state index in [1.54, 1.807) is 41.2 Å². The Morgan fingerprint density at radius 1 is 0.933 bits per heavy atom. The lowest BCUT2D eigenvalue weighted by Crippen LogP contribution is -2.16. The van der Waals surface area contributed by atoms with Gasteiger partial charge in [0.1, 0.15) is 5.82 Å². The molecule has 0 aliphatic rings. The molecule has 0 atom stereocenters. The average molecular weight is 398 g/mol. The minimum absolute atomic E-state index is 0.201. The molecule has 0 spiro atoms. The van der Waals surface area contributed by atoms with Crippen molar-refractivity contribution in [3.63, 3.8) is 0 Å². The van der Waals surface area contributed by atoms with E-state index in [4.69, 9.17) is 5.11 Å². The third-order valence-corrected chi connectivity index (χ3v) is 4.55. The SMILES string of the molecule is O=C(O)c1ccc(-c2cc(NC(=O)c3cccnc3)n(Cc3ccccc3)n2)cc1. The van der Waals surface area contributed by atoms with Crippen LogP contribution in [-0.4, -0.2) is 31.7 Å². The molecule has 4 rings (SSSR count). The lowest BCUT2D eigenvalue weighted by atomic mass is 10.1. The van der Waals surface area contributed by atoms with Gasteiger partial charge in [-0.15, -0.1) is 0 Å². The van der Waals surface area contributed by atoms with Crippen LogP contribution in [0.25, 0.3) is 11.3 Å². The summed E-state index contributed by atoms with van der Waals surface area (Å²) in [4.78, 5) is 27.7. The molecule has 0 saturated carbocycles.